The van der Waals surface area contributed by atoms with Crippen molar-refractivity contribution < 1.29 is 18.6 Å². The van der Waals surface area contributed by atoms with E-state index in [4.69, 9.17) is 23.2 Å². The number of aliphatic hydroxyl groups is 2. The van der Waals surface area contributed by atoms with Crippen molar-refractivity contribution in [3.05, 3.63) is 29.8 Å². The molecule has 0 aromatic heterocycles. The minimum absolute atomic E-state index is 0.176. The molecule has 0 fully saturated rings. The molecule has 0 saturated heterocycles. The molecule has 0 heterocycles. The Morgan fingerprint density at radius 2 is 1.76 bits per heavy atom. The van der Waals surface area contributed by atoms with E-state index in [1.165, 1.54) is 12.1 Å². The van der Waals surface area contributed by atoms with Crippen LogP contribution in [0.5, 0.6) is 0 Å². The molecule has 3 N–H and O–H groups in total. The highest BCUT2D eigenvalue weighted by atomic mass is 35.5. The number of alkyl halides is 2. The highest BCUT2D eigenvalue weighted by Gasteiger charge is 2.23. The first kappa shape index (κ1) is 18.7. The van der Waals surface area contributed by atoms with E-state index in [1.54, 1.807) is 12.1 Å². The van der Waals surface area contributed by atoms with Gasteiger partial charge in [-0.3, -0.25) is 5.32 Å². The number of hydrogen-bond acceptors (Lipinski definition) is 5. The molecule has 8 heteroatoms. The van der Waals surface area contributed by atoms with Gasteiger partial charge in [0.1, 0.15) is 11.1 Å². The van der Waals surface area contributed by atoms with E-state index < -0.39 is 26.9 Å². The normalized spacial score (nSPS) is 16.7. The molecule has 1 rings (SSSR count). The minimum atomic E-state index is -3.24. The van der Waals surface area contributed by atoms with Crippen molar-refractivity contribution in [3.63, 3.8) is 0 Å². The molecule has 1 aromatic carbocycles. The van der Waals surface area contributed by atoms with Gasteiger partial charge in [-0.15, -0.1) is 23.2 Å². The summed E-state index contributed by atoms with van der Waals surface area (Å²) in [6, 6.07) is 5.91. The Morgan fingerprint density at radius 3 is 2.14 bits per heavy atom. The van der Waals surface area contributed by atoms with E-state index in [1.807, 2.05) is 6.92 Å². The number of aliphatic hydroxyl groups excluding tert-OH is 2. The molecule has 5 nitrogen and oxygen atoms in total. The third kappa shape index (κ3) is 5.39. The Bertz CT molecular complexity index is 548. The van der Waals surface area contributed by atoms with Crippen LogP contribution >= 0.6 is 23.2 Å². The lowest BCUT2D eigenvalue weighted by atomic mass is 9.93. The summed E-state index contributed by atoms with van der Waals surface area (Å²) >= 11 is 11.1. The van der Waals surface area contributed by atoms with Gasteiger partial charge >= 0.3 is 0 Å². The van der Waals surface area contributed by atoms with Gasteiger partial charge in [0.15, 0.2) is 9.84 Å². The van der Waals surface area contributed by atoms with Crippen LogP contribution in [0.3, 0.4) is 0 Å². The quantitative estimate of drug-likeness (QED) is 0.506. The van der Waals surface area contributed by atoms with E-state index in [-0.39, 0.29) is 17.4 Å². The number of nitrogens with one attached hydrogen (secondary N) is 1. The zero-order valence-corrected chi connectivity index (χ0v) is 14.0. The van der Waals surface area contributed by atoms with Gasteiger partial charge in [0, 0.05) is 12.3 Å². The fourth-order valence-corrected chi connectivity index (χ4v) is 2.67. The summed E-state index contributed by atoms with van der Waals surface area (Å²) in [7, 11) is -3.24. The third-order valence-electron chi connectivity index (χ3n) is 3.26. The van der Waals surface area contributed by atoms with Crippen LogP contribution in [0.25, 0.3) is 0 Å². The van der Waals surface area contributed by atoms with Gasteiger partial charge in [0.25, 0.3) is 0 Å². The topological polar surface area (TPSA) is 86.6 Å². The van der Waals surface area contributed by atoms with Gasteiger partial charge < -0.3 is 10.2 Å². The fourth-order valence-electron chi connectivity index (χ4n) is 1.90. The maximum absolute atomic E-state index is 11.4. The van der Waals surface area contributed by atoms with Gasteiger partial charge in [-0.05, 0) is 23.6 Å². The van der Waals surface area contributed by atoms with Gasteiger partial charge in [-0.1, -0.05) is 19.1 Å². The molecule has 1 aromatic rings. The van der Waals surface area contributed by atoms with Crippen LogP contribution in [0.15, 0.2) is 29.2 Å². The molecular formula is C13H19Cl2NO4S. The van der Waals surface area contributed by atoms with Crippen molar-refractivity contribution in [1.82, 2.24) is 5.32 Å². The van der Waals surface area contributed by atoms with Gasteiger partial charge in [0.05, 0.1) is 11.5 Å². The first-order chi connectivity index (χ1) is 9.66. The van der Waals surface area contributed by atoms with Crippen LogP contribution in [-0.4, -0.2) is 48.6 Å². The predicted octanol–water partition coefficient (Wildman–Crippen LogP) is 1.27. The van der Waals surface area contributed by atoms with Crippen LogP contribution in [-0.2, 0) is 9.84 Å². The van der Waals surface area contributed by atoms with Gasteiger partial charge in [-0.25, -0.2) is 8.42 Å². The number of hydrogen-bond donors (Lipinski definition) is 3. The monoisotopic (exact) mass is 355 g/mol. The second-order valence-corrected chi connectivity index (χ2v) is 8.04. The lowest BCUT2D eigenvalue weighted by Crippen LogP contribution is -2.46. The second-order valence-electron chi connectivity index (χ2n) is 4.86. The van der Waals surface area contributed by atoms with E-state index in [2.05, 4.69) is 5.32 Å². The number of rotatable bonds is 7. The smallest absolute Gasteiger partial charge is 0.175 e. The first-order valence-corrected chi connectivity index (χ1v) is 9.06. The van der Waals surface area contributed by atoms with Crippen molar-refractivity contribution in [2.24, 2.45) is 0 Å². The summed E-state index contributed by atoms with van der Waals surface area (Å²) in [5.41, 5.74) is 0.821. The standard InChI is InChI=1S/C13H19Cl2NO4S/c1-8(11(7-17)16-13(18)12(14)15)9-3-5-10(6-4-9)21(2,19)20/h3-6,8,11-13,16-18H,7H2,1-2H3/t8-,11-,13?/m1/s1. The van der Waals surface area contributed by atoms with E-state index in [0.29, 0.717) is 0 Å². The van der Waals surface area contributed by atoms with Crippen LogP contribution in [0, 0.1) is 0 Å². The molecule has 0 aliphatic heterocycles. The summed E-state index contributed by atoms with van der Waals surface area (Å²) < 4.78 is 22.8. The maximum Gasteiger partial charge on any atom is 0.175 e. The molecule has 120 valence electrons. The highest BCUT2D eigenvalue weighted by Crippen LogP contribution is 2.22. The number of sulfone groups is 1. The van der Waals surface area contributed by atoms with Crippen LogP contribution in [0.1, 0.15) is 18.4 Å². The molecule has 0 radical (unpaired) electrons. The lowest BCUT2D eigenvalue weighted by molar-refractivity contribution is 0.107. The fraction of sp³-hybridized carbons (Fsp3) is 0.538. The number of halogens is 2. The first-order valence-electron chi connectivity index (χ1n) is 6.30. The summed E-state index contributed by atoms with van der Waals surface area (Å²) in [6.45, 7) is 1.61. The average molecular weight is 356 g/mol. The largest absolute Gasteiger partial charge is 0.395 e. The second kappa shape index (κ2) is 7.76. The molecule has 0 amide bonds. The SMILES string of the molecule is C[C@H](c1ccc(S(C)(=O)=O)cc1)[C@@H](CO)NC(O)C(Cl)Cl. The summed E-state index contributed by atoms with van der Waals surface area (Å²) in [5.74, 6) is -0.176. The highest BCUT2D eigenvalue weighted by molar-refractivity contribution is 7.90. The third-order valence-corrected chi connectivity index (χ3v) is 4.86. The Labute approximate surface area is 134 Å². The zero-order valence-electron chi connectivity index (χ0n) is 11.7. The Morgan fingerprint density at radius 1 is 1.24 bits per heavy atom. The Kier molecular flexibility index (Phi) is 6.90. The van der Waals surface area contributed by atoms with E-state index in [0.717, 1.165) is 11.8 Å². The average Bonchev–Trinajstić information content (AvgIpc) is 2.42. The van der Waals surface area contributed by atoms with Crippen molar-refractivity contribution in [3.8, 4) is 0 Å². The molecule has 21 heavy (non-hydrogen) atoms. The Hall–Kier alpha value is -0.370. The van der Waals surface area contributed by atoms with Crippen LogP contribution in [0.2, 0.25) is 0 Å². The van der Waals surface area contributed by atoms with Crippen LogP contribution in [0.4, 0.5) is 0 Å². The van der Waals surface area contributed by atoms with E-state index in [9.17, 15) is 18.6 Å². The van der Waals surface area contributed by atoms with Gasteiger partial charge in [0.2, 0.25) is 0 Å². The molecule has 0 spiro atoms. The molecule has 0 aliphatic rings. The Balaban J connectivity index is 2.88. The van der Waals surface area contributed by atoms with Crippen molar-refractivity contribution in [2.45, 2.75) is 34.8 Å². The number of benzene rings is 1. The van der Waals surface area contributed by atoms with Crippen molar-refractivity contribution in [2.75, 3.05) is 12.9 Å². The van der Waals surface area contributed by atoms with Crippen molar-refractivity contribution in [1.29, 1.82) is 0 Å². The molecule has 0 saturated carbocycles. The molecule has 3 atom stereocenters. The minimum Gasteiger partial charge on any atom is -0.395 e. The summed E-state index contributed by atoms with van der Waals surface area (Å²) in [4.78, 5) is -0.785. The van der Waals surface area contributed by atoms with Gasteiger partial charge in [-0.2, -0.15) is 0 Å². The van der Waals surface area contributed by atoms with Crippen molar-refractivity contribution >= 4 is 33.0 Å². The summed E-state index contributed by atoms with van der Waals surface area (Å²) in [5, 5.41) is 21.8. The predicted molar refractivity (Wildman–Crippen MR) is 83.5 cm³/mol. The molecule has 0 aliphatic carbocycles. The lowest BCUT2D eigenvalue weighted by Gasteiger charge is -2.27. The molecular weight excluding hydrogens is 337 g/mol. The van der Waals surface area contributed by atoms with E-state index >= 15 is 0 Å². The van der Waals surface area contributed by atoms with Crippen LogP contribution < -0.4 is 5.32 Å². The molecule has 0 bridgehead atoms. The molecule has 1 unspecified atom stereocenters. The zero-order chi connectivity index (χ0) is 16.2. The maximum atomic E-state index is 11.4. The summed E-state index contributed by atoms with van der Waals surface area (Å²) in [6.07, 6.45) is -0.0238.